The molecule has 2 amide bonds. The predicted molar refractivity (Wildman–Crippen MR) is 133 cm³/mol. The first kappa shape index (κ1) is 22.7. The highest BCUT2D eigenvalue weighted by Gasteiger charge is 2.46. The average molecular weight is 460 g/mol. The summed E-state index contributed by atoms with van der Waals surface area (Å²) in [6.07, 6.45) is 3.10. The molecule has 1 N–H and O–H groups in total. The number of H-pyrrole nitrogens is 1. The number of nitrogens with one attached hydrogen (secondary N) is 1. The van der Waals surface area contributed by atoms with Crippen LogP contribution in [0, 0.1) is 11.8 Å². The van der Waals surface area contributed by atoms with Gasteiger partial charge in [0.1, 0.15) is 0 Å². The molecule has 1 aromatic heterocycles. The molecule has 0 spiro atoms. The average Bonchev–Trinajstić information content (AvgIpc) is 3.26. The van der Waals surface area contributed by atoms with Crippen molar-refractivity contribution in [2.24, 2.45) is 11.8 Å². The number of ether oxygens (including phenoxy) is 1. The van der Waals surface area contributed by atoms with E-state index in [1.54, 1.807) is 7.11 Å². The van der Waals surface area contributed by atoms with E-state index in [9.17, 15) is 9.59 Å². The third-order valence-corrected chi connectivity index (χ3v) is 7.36. The summed E-state index contributed by atoms with van der Waals surface area (Å²) in [5.74, 6) is 0.513. The van der Waals surface area contributed by atoms with Crippen LogP contribution in [0.2, 0.25) is 0 Å². The zero-order chi connectivity index (χ0) is 23.8. The second kappa shape index (κ2) is 9.26. The van der Waals surface area contributed by atoms with Crippen molar-refractivity contribution in [2.45, 2.75) is 32.2 Å². The molecule has 5 rings (SSSR count). The summed E-state index contributed by atoms with van der Waals surface area (Å²) in [5, 5.41) is 1.04. The Morgan fingerprint density at radius 1 is 1.03 bits per heavy atom. The number of nitrogens with zero attached hydrogens (tertiary/aromatic N) is 2. The molecule has 2 aliphatic rings. The number of aromatic nitrogens is 1. The monoisotopic (exact) mass is 459 g/mol. The summed E-state index contributed by atoms with van der Waals surface area (Å²) in [7, 11) is 1.64. The fourth-order valence-electron chi connectivity index (χ4n) is 6.02. The number of benzene rings is 2. The maximum absolute atomic E-state index is 14.3. The van der Waals surface area contributed by atoms with E-state index in [1.165, 1.54) is 0 Å². The Kier molecular flexibility index (Phi) is 6.17. The van der Waals surface area contributed by atoms with Gasteiger partial charge < -0.3 is 19.5 Å². The van der Waals surface area contributed by atoms with Crippen LogP contribution in [0.15, 0.2) is 54.7 Å². The Morgan fingerprint density at radius 2 is 1.74 bits per heavy atom. The lowest BCUT2D eigenvalue weighted by Gasteiger charge is -2.44. The highest BCUT2D eigenvalue weighted by Crippen LogP contribution is 2.46. The molecule has 3 aromatic rings. The van der Waals surface area contributed by atoms with Gasteiger partial charge in [-0.05, 0) is 36.0 Å². The normalized spacial score (nSPS) is 25.0. The van der Waals surface area contributed by atoms with Crippen molar-refractivity contribution >= 4 is 22.7 Å². The number of piperidine rings is 1. The van der Waals surface area contributed by atoms with Crippen molar-refractivity contribution < 1.29 is 14.3 Å². The number of hydrogen-bond acceptors (Lipinski definition) is 3. The SMILES string of the molecule is COCCN1C(=O)c2ccccc2[C@H](C(=O)N2C[C@H](C)C[C@@H](C)C2)[C@H]1c1c[nH]c2ccccc12. The molecular formula is C28H33N3O3. The highest BCUT2D eigenvalue weighted by molar-refractivity contribution is 6.02. The lowest BCUT2D eigenvalue weighted by molar-refractivity contribution is -0.137. The minimum atomic E-state index is -0.470. The number of fused-ring (bicyclic) bond motifs is 2. The van der Waals surface area contributed by atoms with Crippen LogP contribution in [-0.4, -0.2) is 59.9 Å². The van der Waals surface area contributed by atoms with Crippen molar-refractivity contribution in [3.05, 3.63) is 71.4 Å². The second-order valence-corrected chi connectivity index (χ2v) is 9.98. The van der Waals surface area contributed by atoms with Crippen LogP contribution in [0.1, 0.15) is 53.7 Å². The van der Waals surface area contributed by atoms with E-state index in [0.29, 0.717) is 30.6 Å². The van der Waals surface area contributed by atoms with Crippen LogP contribution in [0.25, 0.3) is 10.9 Å². The first-order valence-corrected chi connectivity index (χ1v) is 12.2. The fraction of sp³-hybridized carbons (Fsp3) is 0.429. The third kappa shape index (κ3) is 3.90. The van der Waals surface area contributed by atoms with Gasteiger partial charge in [0.25, 0.3) is 5.91 Å². The molecule has 0 saturated carbocycles. The van der Waals surface area contributed by atoms with Crippen LogP contribution in [0.3, 0.4) is 0 Å². The molecule has 4 atom stereocenters. The van der Waals surface area contributed by atoms with E-state index in [4.69, 9.17) is 4.74 Å². The summed E-state index contributed by atoms with van der Waals surface area (Å²) in [6, 6.07) is 15.3. The Hall–Kier alpha value is -3.12. The summed E-state index contributed by atoms with van der Waals surface area (Å²) in [6.45, 7) is 6.78. The van der Waals surface area contributed by atoms with Crippen molar-refractivity contribution in [2.75, 3.05) is 33.4 Å². The largest absolute Gasteiger partial charge is 0.383 e. The van der Waals surface area contributed by atoms with Crippen molar-refractivity contribution in [3.8, 4) is 0 Å². The molecule has 178 valence electrons. The van der Waals surface area contributed by atoms with Crippen molar-refractivity contribution in [1.29, 1.82) is 0 Å². The van der Waals surface area contributed by atoms with Crippen LogP contribution >= 0.6 is 0 Å². The molecule has 34 heavy (non-hydrogen) atoms. The standard InChI is InChI=1S/C28H33N3O3/c1-18-14-19(2)17-30(16-18)28(33)25-21-9-4-5-10-22(21)27(32)31(12-13-34-3)26(25)23-15-29-24-11-7-6-8-20(23)24/h4-11,15,18-19,25-26,29H,12-14,16-17H2,1-3H3/t18-,19-,25+,26-/m1/s1. The molecular weight excluding hydrogens is 426 g/mol. The number of likely N-dealkylation sites (tertiary alicyclic amines) is 1. The van der Waals surface area contributed by atoms with E-state index in [0.717, 1.165) is 41.5 Å². The van der Waals surface area contributed by atoms with Gasteiger partial charge in [-0.3, -0.25) is 9.59 Å². The summed E-state index contributed by atoms with van der Waals surface area (Å²) >= 11 is 0. The van der Waals surface area contributed by atoms with Gasteiger partial charge in [-0.15, -0.1) is 0 Å². The number of para-hydroxylation sites is 1. The predicted octanol–water partition coefficient (Wildman–Crippen LogP) is 4.60. The van der Waals surface area contributed by atoms with Crippen LogP contribution in [-0.2, 0) is 9.53 Å². The topological polar surface area (TPSA) is 65.6 Å². The van der Waals surface area contributed by atoms with Gasteiger partial charge in [-0.25, -0.2) is 0 Å². The van der Waals surface area contributed by atoms with E-state index >= 15 is 0 Å². The summed E-state index contributed by atoms with van der Waals surface area (Å²) in [5.41, 5.74) is 3.42. The Morgan fingerprint density at radius 3 is 2.50 bits per heavy atom. The zero-order valence-corrected chi connectivity index (χ0v) is 20.2. The maximum atomic E-state index is 14.3. The van der Waals surface area contributed by atoms with Crippen LogP contribution < -0.4 is 0 Å². The number of aromatic amines is 1. The molecule has 2 aromatic carbocycles. The zero-order valence-electron chi connectivity index (χ0n) is 20.2. The molecule has 0 unspecified atom stereocenters. The number of hydrogen-bond donors (Lipinski definition) is 1. The second-order valence-electron chi connectivity index (χ2n) is 9.98. The smallest absolute Gasteiger partial charge is 0.254 e. The van der Waals surface area contributed by atoms with Gasteiger partial charge in [-0.1, -0.05) is 50.2 Å². The van der Waals surface area contributed by atoms with Gasteiger partial charge in [0, 0.05) is 55.0 Å². The molecule has 6 heteroatoms. The van der Waals surface area contributed by atoms with Gasteiger partial charge >= 0.3 is 0 Å². The minimum absolute atomic E-state index is 0.0487. The van der Waals surface area contributed by atoms with Crippen molar-refractivity contribution in [1.82, 2.24) is 14.8 Å². The molecule has 6 nitrogen and oxygen atoms in total. The highest BCUT2D eigenvalue weighted by atomic mass is 16.5. The Bertz CT molecular complexity index is 1190. The van der Waals surface area contributed by atoms with Gasteiger partial charge in [0.15, 0.2) is 0 Å². The van der Waals surface area contributed by atoms with Gasteiger partial charge in [0.05, 0.1) is 18.6 Å². The molecule has 0 bridgehead atoms. The van der Waals surface area contributed by atoms with Gasteiger partial charge in [0.2, 0.25) is 5.91 Å². The molecule has 0 radical (unpaired) electrons. The van der Waals surface area contributed by atoms with E-state index in [1.807, 2.05) is 58.5 Å². The molecule has 1 fully saturated rings. The molecule has 3 heterocycles. The van der Waals surface area contributed by atoms with Gasteiger partial charge in [-0.2, -0.15) is 0 Å². The number of rotatable bonds is 5. The van der Waals surface area contributed by atoms with Crippen LogP contribution in [0.4, 0.5) is 0 Å². The van der Waals surface area contributed by atoms with E-state index in [-0.39, 0.29) is 11.8 Å². The molecule has 2 aliphatic heterocycles. The number of methoxy groups -OCH3 is 1. The van der Waals surface area contributed by atoms with E-state index < -0.39 is 12.0 Å². The third-order valence-electron chi connectivity index (χ3n) is 7.36. The molecule has 1 saturated heterocycles. The van der Waals surface area contributed by atoms with E-state index in [2.05, 4.69) is 24.9 Å². The first-order chi connectivity index (χ1) is 16.5. The quantitative estimate of drug-likeness (QED) is 0.606. The summed E-state index contributed by atoms with van der Waals surface area (Å²) < 4.78 is 5.38. The number of carbonyl (C=O) groups excluding carboxylic acids is 2. The lowest BCUT2D eigenvalue weighted by Crippen LogP contribution is -2.51. The fourth-order valence-corrected chi connectivity index (χ4v) is 6.02. The molecule has 0 aliphatic carbocycles. The maximum Gasteiger partial charge on any atom is 0.254 e. The Balaban J connectivity index is 1.68. The minimum Gasteiger partial charge on any atom is -0.383 e. The summed E-state index contributed by atoms with van der Waals surface area (Å²) in [4.78, 5) is 35.3. The number of amides is 2. The van der Waals surface area contributed by atoms with Crippen molar-refractivity contribution in [3.63, 3.8) is 0 Å². The first-order valence-electron chi connectivity index (χ1n) is 12.2. The number of carbonyl (C=O) groups is 2. The lowest BCUT2D eigenvalue weighted by atomic mass is 9.78. The Labute approximate surface area is 200 Å². The van der Waals surface area contributed by atoms with Crippen LogP contribution in [0.5, 0.6) is 0 Å².